The second-order valence-corrected chi connectivity index (χ2v) is 2.53. The van der Waals surface area contributed by atoms with Crippen LogP contribution in [0.15, 0.2) is 35.2 Å². The van der Waals surface area contributed by atoms with Crippen LogP contribution < -0.4 is 0 Å². The van der Waals surface area contributed by atoms with Crippen molar-refractivity contribution in [3.63, 3.8) is 0 Å². The van der Waals surface area contributed by atoms with E-state index in [4.69, 9.17) is 9.52 Å². The average molecular weight is 176 g/mol. The van der Waals surface area contributed by atoms with E-state index in [0.29, 0.717) is 17.1 Å². The third-order valence-corrected chi connectivity index (χ3v) is 1.66. The summed E-state index contributed by atoms with van der Waals surface area (Å²) >= 11 is 0. The van der Waals surface area contributed by atoms with Crippen molar-refractivity contribution in [3.05, 3.63) is 36.5 Å². The lowest BCUT2D eigenvalue weighted by molar-refractivity contribution is 0.276. The first-order valence-corrected chi connectivity index (χ1v) is 3.86. The SMILES string of the molecule is OCc1cc(-c2ccco2)ncn1. The smallest absolute Gasteiger partial charge is 0.152 e. The maximum absolute atomic E-state index is 8.84. The first-order chi connectivity index (χ1) is 6.40. The van der Waals surface area contributed by atoms with E-state index in [1.807, 2.05) is 6.07 Å². The van der Waals surface area contributed by atoms with Crippen LogP contribution in [-0.4, -0.2) is 15.1 Å². The Labute approximate surface area is 74.9 Å². The zero-order valence-corrected chi connectivity index (χ0v) is 6.84. The minimum absolute atomic E-state index is 0.0871. The van der Waals surface area contributed by atoms with E-state index in [-0.39, 0.29) is 6.61 Å². The van der Waals surface area contributed by atoms with E-state index in [2.05, 4.69) is 9.97 Å². The molecule has 0 spiro atoms. The Balaban J connectivity index is 2.41. The molecule has 2 rings (SSSR count). The van der Waals surface area contributed by atoms with Gasteiger partial charge in [0.25, 0.3) is 0 Å². The van der Waals surface area contributed by atoms with Crippen LogP contribution >= 0.6 is 0 Å². The van der Waals surface area contributed by atoms with Gasteiger partial charge in [0.2, 0.25) is 0 Å². The molecule has 2 heterocycles. The van der Waals surface area contributed by atoms with Gasteiger partial charge >= 0.3 is 0 Å². The van der Waals surface area contributed by atoms with Crippen molar-refractivity contribution < 1.29 is 9.52 Å². The highest BCUT2D eigenvalue weighted by Crippen LogP contribution is 2.16. The highest BCUT2D eigenvalue weighted by molar-refractivity contribution is 5.51. The lowest BCUT2D eigenvalue weighted by Crippen LogP contribution is -1.91. The Morgan fingerprint density at radius 2 is 2.31 bits per heavy atom. The molecule has 0 aliphatic rings. The number of aliphatic hydroxyl groups excluding tert-OH is 1. The first kappa shape index (κ1) is 7.94. The summed E-state index contributed by atoms with van der Waals surface area (Å²) in [4.78, 5) is 7.88. The number of aromatic nitrogens is 2. The molecule has 0 aromatic carbocycles. The molecule has 66 valence electrons. The van der Waals surface area contributed by atoms with Crippen LogP contribution in [0.1, 0.15) is 5.69 Å². The lowest BCUT2D eigenvalue weighted by atomic mass is 10.3. The van der Waals surface area contributed by atoms with Crippen molar-refractivity contribution in [2.24, 2.45) is 0 Å². The molecular weight excluding hydrogens is 168 g/mol. The van der Waals surface area contributed by atoms with Gasteiger partial charge in [-0.2, -0.15) is 0 Å². The van der Waals surface area contributed by atoms with E-state index in [9.17, 15) is 0 Å². The second-order valence-electron chi connectivity index (χ2n) is 2.53. The van der Waals surface area contributed by atoms with Crippen LogP contribution in [0.3, 0.4) is 0 Å². The molecule has 0 saturated carbocycles. The van der Waals surface area contributed by atoms with Crippen LogP contribution in [0, 0.1) is 0 Å². The maximum Gasteiger partial charge on any atom is 0.152 e. The van der Waals surface area contributed by atoms with Gasteiger partial charge in [0.05, 0.1) is 18.6 Å². The molecule has 2 aromatic rings. The third kappa shape index (κ3) is 1.57. The van der Waals surface area contributed by atoms with Crippen molar-refractivity contribution in [2.45, 2.75) is 6.61 Å². The number of aliphatic hydroxyl groups is 1. The molecule has 0 aliphatic carbocycles. The lowest BCUT2D eigenvalue weighted by Gasteiger charge is -1.97. The van der Waals surface area contributed by atoms with Gasteiger partial charge in [0.15, 0.2) is 5.76 Å². The molecule has 0 fully saturated rings. The van der Waals surface area contributed by atoms with Gasteiger partial charge in [-0.05, 0) is 18.2 Å². The number of hydrogen-bond donors (Lipinski definition) is 1. The topological polar surface area (TPSA) is 59.2 Å². The summed E-state index contributed by atoms with van der Waals surface area (Å²) in [5.41, 5.74) is 1.27. The first-order valence-electron chi connectivity index (χ1n) is 3.86. The van der Waals surface area contributed by atoms with Crippen molar-refractivity contribution in [1.82, 2.24) is 9.97 Å². The van der Waals surface area contributed by atoms with Gasteiger partial charge in [-0.3, -0.25) is 0 Å². The Morgan fingerprint density at radius 3 is 3.00 bits per heavy atom. The van der Waals surface area contributed by atoms with E-state index in [1.54, 1.807) is 18.4 Å². The van der Waals surface area contributed by atoms with Crippen LogP contribution in [-0.2, 0) is 6.61 Å². The molecule has 1 N–H and O–H groups in total. The van der Waals surface area contributed by atoms with E-state index < -0.39 is 0 Å². The molecule has 2 aromatic heterocycles. The Hall–Kier alpha value is -1.68. The van der Waals surface area contributed by atoms with E-state index in [1.165, 1.54) is 6.33 Å². The molecule has 13 heavy (non-hydrogen) atoms. The normalized spacial score (nSPS) is 10.2. The molecule has 0 radical (unpaired) electrons. The largest absolute Gasteiger partial charge is 0.463 e. The summed E-state index contributed by atoms with van der Waals surface area (Å²) in [7, 11) is 0. The average Bonchev–Trinajstić information content (AvgIpc) is 2.71. The van der Waals surface area contributed by atoms with Gasteiger partial charge < -0.3 is 9.52 Å². The molecule has 4 heteroatoms. The number of rotatable bonds is 2. The third-order valence-electron chi connectivity index (χ3n) is 1.66. The summed E-state index contributed by atoms with van der Waals surface area (Å²) < 4.78 is 5.15. The minimum atomic E-state index is -0.0871. The van der Waals surface area contributed by atoms with E-state index >= 15 is 0 Å². The predicted molar refractivity (Wildman–Crippen MR) is 45.7 cm³/mol. The van der Waals surface area contributed by atoms with Gasteiger partial charge in [-0.25, -0.2) is 9.97 Å². The molecule has 0 unspecified atom stereocenters. The highest BCUT2D eigenvalue weighted by Gasteiger charge is 2.02. The fourth-order valence-electron chi connectivity index (χ4n) is 1.04. The summed E-state index contributed by atoms with van der Waals surface area (Å²) in [6.45, 7) is -0.0871. The minimum Gasteiger partial charge on any atom is -0.463 e. The molecule has 0 bridgehead atoms. The van der Waals surface area contributed by atoms with Crippen molar-refractivity contribution in [3.8, 4) is 11.5 Å². The van der Waals surface area contributed by atoms with Crippen LogP contribution in [0.4, 0.5) is 0 Å². The van der Waals surface area contributed by atoms with Crippen molar-refractivity contribution >= 4 is 0 Å². The maximum atomic E-state index is 8.84. The molecular formula is C9H8N2O2. The number of nitrogens with zero attached hydrogens (tertiary/aromatic N) is 2. The monoisotopic (exact) mass is 176 g/mol. The summed E-state index contributed by atoms with van der Waals surface area (Å²) in [6, 6.07) is 5.29. The second kappa shape index (κ2) is 3.37. The fourth-order valence-corrected chi connectivity index (χ4v) is 1.04. The van der Waals surface area contributed by atoms with Crippen LogP contribution in [0.2, 0.25) is 0 Å². The van der Waals surface area contributed by atoms with Crippen LogP contribution in [0.5, 0.6) is 0 Å². The van der Waals surface area contributed by atoms with E-state index in [0.717, 1.165) is 0 Å². The Bertz CT molecular complexity index is 384. The molecule has 0 saturated heterocycles. The van der Waals surface area contributed by atoms with Gasteiger partial charge in [0.1, 0.15) is 12.0 Å². The summed E-state index contributed by atoms with van der Waals surface area (Å²) in [6.07, 6.45) is 2.99. The summed E-state index contributed by atoms with van der Waals surface area (Å²) in [5, 5.41) is 8.84. The quantitative estimate of drug-likeness (QED) is 0.747. The molecule has 0 amide bonds. The zero-order chi connectivity index (χ0) is 9.10. The molecule has 0 aliphatic heterocycles. The van der Waals surface area contributed by atoms with Crippen molar-refractivity contribution in [2.75, 3.05) is 0 Å². The van der Waals surface area contributed by atoms with Gasteiger partial charge in [-0.1, -0.05) is 0 Å². The van der Waals surface area contributed by atoms with Gasteiger partial charge in [-0.15, -0.1) is 0 Å². The standard InChI is InChI=1S/C9H8N2O2/c12-5-7-4-8(11-6-10-7)9-2-1-3-13-9/h1-4,6,12H,5H2. The van der Waals surface area contributed by atoms with Gasteiger partial charge in [0, 0.05) is 0 Å². The van der Waals surface area contributed by atoms with Crippen molar-refractivity contribution in [1.29, 1.82) is 0 Å². The number of furan rings is 1. The predicted octanol–water partition coefficient (Wildman–Crippen LogP) is 1.23. The zero-order valence-electron chi connectivity index (χ0n) is 6.84. The van der Waals surface area contributed by atoms with Crippen LogP contribution in [0.25, 0.3) is 11.5 Å². The number of hydrogen-bond acceptors (Lipinski definition) is 4. The summed E-state index contributed by atoms with van der Waals surface area (Å²) in [5.74, 6) is 0.678. The Morgan fingerprint density at radius 1 is 1.38 bits per heavy atom. The highest BCUT2D eigenvalue weighted by atomic mass is 16.3. The Kier molecular flexibility index (Phi) is 2.06. The fraction of sp³-hybridized carbons (Fsp3) is 0.111. The molecule has 4 nitrogen and oxygen atoms in total. The molecule has 0 atom stereocenters.